The van der Waals surface area contributed by atoms with Crippen molar-refractivity contribution in [3.05, 3.63) is 18.2 Å². The number of nitrogens with zero attached hydrogens (tertiary/aromatic N) is 1. The highest BCUT2D eigenvalue weighted by Gasteiger charge is 2.07. The largest absolute Gasteiger partial charge is 0.496 e. The molecule has 1 aromatic rings. The van der Waals surface area contributed by atoms with Gasteiger partial charge in [0.25, 0.3) is 0 Å². The lowest BCUT2D eigenvalue weighted by molar-refractivity contribution is -0.118. The van der Waals surface area contributed by atoms with Crippen molar-refractivity contribution in [3.63, 3.8) is 0 Å². The summed E-state index contributed by atoms with van der Waals surface area (Å²) in [5.74, 6) is 0.838. The summed E-state index contributed by atoms with van der Waals surface area (Å²) in [6, 6.07) is 7.27. The van der Waals surface area contributed by atoms with Crippen molar-refractivity contribution >= 4 is 23.4 Å². The molecule has 1 aromatic carbocycles. The van der Waals surface area contributed by atoms with E-state index in [0.29, 0.717) is 24.4 Å². The maximum absolute atomic E-state index is 11.5. The van der Waals surface area contributed by atoms with Crippen molar-refractivity contribution in [2.45, 2.75) is 11.3 Å². The van der Waals surface area contributed by atoms with Crippen LogP contribution in [0.2, 0.25) is 0 Å². The molecule has 0 aliphatic carbocycles. The van der Waals surface area contributed by atoms with E-state index in [9.17, 15) is 4.79 Å². The number of benzene rings is 1. The molecule has 3 N–H and O–H groups in total. The van der Waals surface area contributed by atoms with Crippen LogP contribution in [0.1, 0.15) is 6.42 Å². The Morgan fingerprint density at radius 3 is 3.06 bits per heavy atom. The average molecular weight is 265 g/mol. The zero-order valence-corrected chi connectivity index (χ0v) is 10.9. The molecule has 0 radical (unpaired) electrons. The van der Waals surface area contributed by atoms with E-state index >= 15 is 0 Å². The highest BCUT2D eigenvalue weighted by Crippen LogP contribution is 2.30. The van der Waals surface area contributed by atoms with Gasteiger partial charge in [-0.3, -0.25) is 4.79 Å². The summed E-state index contributed by atoms with van der Waals surface area (Å²) in [5.41, 5.74) is 6.26. The minimum Gasteiger partial charge on any atom is -0.496 e. The van der Waals surface area contributed by atoms with Crippen molar-refractivity contribution in [2.75, 3.05) is 25.1 Å². The van der Waals surface area contributed by atoms with E-state index in [1.165, 1.54) is 11.8 Å². The van der Waals surface area contributed by atoms with Crippen molar-refractivity contribution < 1.29 is 9.53 Å². The Kier molecular flexibility index (Phi) is 5.88. The number of anilines is 1. The van der Waals surface area contributed by atoms with Gasteiger partial charge in [-0.25, -0.2) is 0 Å². The van der Waals surface area contributed by atoms with Crippen LogP contribution < -0.4 is 15.8 Å². The van der Waals surface area contributed by atoms with Crippen molar-refractivity contribution in [3.8, 4) is 11.8 Å². The predicted octanol–water partition coefficient (Wildman–Crippen LogP) is 1.40. The molecule has 1 rings (SSSR count). The minimum absolute atomic E-state index is 0.103. The van der Waals surface area contributed by atoms with Crippen LogP contribution in [-0.2, 0) is 4.79 Å². The number of nitrogen functional groups attached to an aromatic ring is 1. The summed E-state index contributed by atoms with van der Waals surface area (Å²) in [6.45, 7) is 0.384. The van der Waals surface area contributed by atoms with Crippen molar-refractivity contribution in [2.24, 2.45) is 0 Å². The van der Waals surface area contributed by atoms with E-state index in [-0.39, 0.29) is 11.7 Å². The van der Waals surface area contributed by atoms with Gasteiger partial charge in [-0.2, -0.15) is 5.26 Å². The second kappa shape index (κ2) is 7.45. The number of hydrogen-bond donors (Lipinski definition) is 2. The number of nitrogens with two attached hydrogens (primary N) is 1. The molecule has 0 spiro atoms. The van der Waals surface area contributed by atoms with Crippen LogP contribution in [0, 0.1) is 11.3 Å². The summed E-state index contributed by atoms with van der Waals surface area (Å²) in [6.07, 6.45) is 0.321. The van der Waals surface area contributed by atoms with E-state index in [2.05, 4.69) is 5.32 Å². The Hall–Kier alpha value is -1.87. The quantitative estimate of drug-likeness (QED) is 0.461. The van der Waals surface area contributed by atoms with E-state index in [0.717, 1.165) is 4.90 Å². The maximum atomic E-state index is 11.5. The topological polar surface area (TPSA) is 88.1 Å². The number of carbonyl (C=O) groups is 1. The van der Waals surface area contributed by atoms with Crippen LogP contribution >= 0.6 is 11.8 Å². The molecule has 0 aliphatic heterocycles. The fraction of sp³-hybridized carbons (Fsp3) is 0.333. The first-order valence-corrected chi connectivity index (χ1v) is 6.36. The smallest absolute Gasteiger partial charge is 0.230 e. The van der Waals surface area contributed by atoms with E-state index in [4.69, 9.17) is 15.7 Å². The number of hydrogen-bond acceptors (Lipinski definition) is 5. The number of rotatable bonds is 6. The number of ether oxygens (including phenoxy) is 1. The molecule has 96 valence electrons. The first kappa shape index (κ1) is 14.2. The highest BCUT2D eigenvalue weighted by molar-refractivity contribution is 8.00. The Bertz CT molecular complexity index is 457. The lowest BCUT2D eigenvalue weighted by Gasteiger charge is -2.08. The Morgan fingerprint density at radius 2 is 2.39 bits per heavy atom. The molecule has 1 amide bonds. The van der Waals surface area contributed by atoms with Gasteiger partial charge in [0.2, 0.25) is 5.91 Å². The molecule has 0 aromatic heterocycles. The second-order valence-corrected chi connectivity index (χ2v) is 4.47. The summed E-state index contributed by atoms with van der Waals surface area (Å²) in [4.78, 5) is 12.3. The van der Waals surface area contributed by atoms with Gasteiger partial charge in [-0.05, 0) is 12.1 Å². The Labute approximate surface area is 110 Å². The van der Waals surface area contributed by atoms with Crippen molar-refractivity contribution in [1.82, 2.24) is 5.32 Å². The normalized spacial score (nSPS) is 9.56. The molecule has 18 heavy (non-hydrogen) atoms. The summed E-state index contributed by atoms with van der Waals surface area (Å²) in [7, 11) is 1.56. The van der Waals surface area contributed by atoms with E-state index < -0.39 is 0 Å². The van der Waals surface area contributed by atoms with Crippen LogP contribution in [0.3, 0.4) is 0 Å². The fourth-order valence-electron chi connectivity index (χ4n) is 1.26. The molecule has 0 aliphatic rings. The molecule has 0 unspecified atom stereocenters. The van der Waals surface area contributed by atoms with Crippen LogP contribution in [0.4, 0.5) is 5.69 Å². The average Bonchev–Trinajstić information content (AvgIpc) is 2.37. The SMILES string of the molecule is COc1cc(N)ccc1SCC(=O)NCCC#N. The Balaban J connectivity index is 2.48. The minimum atomic E-state index is -0.103. The van der Waals surface area contributed by atoms with Gasteiger partial charge < -0.3 is 15.8 Å². The molecule has 0 atom stereocenters. The number of amides is 1. The van der Waals surface area contributed by atoms with Crippen molar-refractivity contribution in [1.29, 1.82) is 5.26 Å². The lowest BCUT2D eigenvalue weighted by atomic mass is 10.3. The van der Waals surface area contributed by atoms with Gasteiger partial charge in [-0.1, -0.05) is 0 Å². The number of thioether (sulfide) groups is 1. The number of nitrogens with one attached hydrogen (secondary N) is 1. The van der Waals surface area contributed by atoms with Gasteiger partial charge in [0.15, 0.2) is 0 Å². The predicted molar refractivity (Wildman–Crippen MR) is 71.4 cm³/mol. The van der Waals surface area contributed by atoms with Gasteiger partial charge in [-0.15, -0.1) is 11.8 Å². The second-order valence-electron chi connectivity index (χ2n) is 3.46. The molecule has 0 fully saturated rings. The molecule has 0 saturated heterocycles. The van der Waals surface area contributed by atoms with E-state index in [1.807, 2.05) is 12.1 Å². The highest BCUT2D eigenvalue weighted by atomic mass is 32.2. The molecule has 0 heterocycles. The van der Waals surface area contributed by atoms with E-state index in [1.54, 1.807) is 19.2 Å². The molecule has 0 saturated carbocycles. The number of methoxy groups -OCH3 is 1. The standard InChI is InChI=1S/C12H15N3O2S/c1-17-10-7-9(14)3-4-11(10)18-8-12(16)15-6-2-5-13/h3-4,7H,2,6,8,14H2,1H3,(H,15,16). The molecule has 0 bridgehead atoms. The van der Waals surface area contributed by atoms with Gasteiger partial charge >= 0.3 is 0 Å². The molecule has 5 nitrogen and oxygen atoms in total. The zero-order chi connectivity index (χ0) is 13.4. The summed E-state index contributed by atoms with van der Waals surface area (Å²) < 4.78 is 5.18. The molecular formula is C12H15N3O2S. The molecule has 6 heteroatoms. The number of carbonyl (C=O) groups excluding carboxylic acids is 1. The van der Waals surface area contributed by atoms with Crippen LogP contribution in [0.15, 0.2) is 23.1 Å². The maximum Gasteiger partial charge on any atom is 0.230 e. The first-order valence-electron chi connectivity index (χ1n) is 5.37. The van der Waals surface area contributed by atoms with Gasteiger partial charge in [0.1, 0.15) is 5.75 Å². The van der Waals surface area contributed by atoms with Gasteiger partial charge in [0, 0.05) is 23.2 Å². The third kappa shape index (κ3) is 4.55. The third-order valence-corrected chi connectivity index (χ3v) is 3.16. The number of nitriles is 1. The fourth-order valence-corrected chi connectivity index (χ4v) is 2.09. The molecular weight excluding hydrogens is 250 g/mol. The van der Waals surface area contributed by atoms with Crippen LogP contribution in [0.5, 0.6) is 5.75 Å². The third-order valence-electron chi connectivity index (χ3n) is 2.11. The monoisotopic (exact) mass is 265 g/mol. The van der Waals surface area contributed by atoms with Gasteiger partial charge in [0.05, 0.1) is 25.4 Å². The zero-order valence-electron chi connectivity index (χ0n) is 10.1. The lowest BCUT2D eigenvalue weighted by Crippen LogP contribution is -2.25. The first-order chi connectivity index (χ1) is 8.67. The van der Waals surface area contributed by atoms with Crippen LogP contribution in [0.25, 0.3) is 0 Å². The Morgan fingerprint density at radius 1 is 1.61 bits per heavy atom. The van der Waals surface area contributed by atoms with Crippen LogP contribution in [-0.4, -0.2) is 25.3 Å². The summed E-state index contributed by atoms with van der Waals surface area (Å²) in [5, 5.41) is 11.0. The summed E-state index contributed by atoms with van der Waals surface area (Å²) >= 11 is 1.37.